The van der Waals surface area contributed by atoms with Crippen molar-refractivity contribution in [3.8, 4) is 5.75 Å². The van der Waals surface area contributed by atoms with E-state index in [4.69, 9.17) is 9.47 Å². The molecule has 2 heterocycles. The van der Waals surface area contributed by atoms with E-state index in [-0.39, 0.29) is 55.7 Å². The van der Waals surface area contributed by atoms with Crippen LogP contribution >= 0.6 is 0 Å². The Labute approximate surface area is 258 Å². The van der Waals surface area contributed by atoms with Crippen molar-refractivity contribution in [3.05, 3.63) is 29.6 Å². The molecule has 244 valence electrons. The summed E-state index contributed by atoms with van der Waals surface area (Å²) in [7, 11) is 6.63. The highest BCUT2D eigenvalue weighted by molar-refractivity contribution is 5.99. The average Bonchev–Trinajstić information content (AvgIpc) is 3.32. The number of ether oxygens (including phenoxy) is 2. The van der Waals surface area contributed by atoms with Crippen LogP contribution in [0.1, 0.15) is 50.4 Å². The van der Waals surface area contributed by atoms with Gasteiger partial charge in [-0.3, -0.25) is 19.2 Å². The van der Waals surface area contributed by atoms with Gasteiger partial charge in [-0.25, -0.2) is 9.18 Å². The predicted octanol–water partition coefficient (Wildman–Crippen LogP) is 1.07. The highest BCUT2D eigenvalue weighted by atomic mass is 19.1. The standard InChI is InChI=1S/C30H45FN6O7/c1-30(2,3)44-29(42)33-20-15-21-18-43-24-10-8-19(31)14-22(24)28(41)36(7)23(27(40)32-12-13-34(4)5)9-11-25(38)35(6)17-26(39)37(21)16-20/h8,10,14,20-21,23H,9,11-13,15-18H2,1-7H3,(H,32,40)(H,33,42)/t20-,21+,23+/m1/s1. The number of rotatable bonds is 5. The Morgan fingerprint density at radius 3 is 2.50 bits per heavy atom. The molecular weight excluding hydrogens is 575 g/mol. The van der Waals surface area contributed by atoms with Crippen LogP contribution in [-0.2, 0) is 19.1 Å². The van der Waals surface area contributed by atoms with E-state index >= 15 is 0 Å². The molecule has 13 nitrogen and oxygen atoms in total. The van der Waals surface area contributed by atoms with Gasteiger partial charge in [-0.05, 0) is 65.9 Å². The van der Waals surface area contributed by atoms with Gasteiger partial charge in [0.05, 0.1) is 24.2 Å². The van der Waals surface area contributed by atoms with Crippen LogP contribution in [0.15, 0.2) is 18.2 Å². The molecule has 1 saturated heterocycles. The quantitative estimate of drug-likeness (QED) is 0.498. The number of hydrogen-bond donors (Lipinski definition) is 2. The molecule has 0 aliphatic carbocycles. The Kier molecular flexibility index (Phi) is 11.5. The molecule has 1 aromatic carbocycles. The van der Waals surface area contributed by atoms with Crippen molar-refractivity contribution in [2.45, 2.75) is 63.8 Å². The smallest absolute Gasteiger partial charge is 0.407 e. The van der Waals surface area contributed by atoms with Gasteiger partial charge in [0, 0.05) is 40.2 Å². The maximum atomic E-state index is 14.4. The molecule has 1 fully saturated rings. The molecule has 0 saturated carbocycles. The molecule has 2 aliphatic heterocycles. The number of carbonyl (C=O) groups is 5. The monoisotopic (exact) mass is 620 g/mol. The summed E-state index contributed by atoms with van der Waals surface area (Å²) >= 11 is 0. The van der Waals surface area contributed by atoms with Gasteiger partial charge in [0.1, 0.15) is 29.8 Å². The van der Waals surface area contributed by atoms with Gasteiger partial charge in [0.15, 0.2) is 0 Å². The van der Waals surface area contributed by atoms with Crippen molar-refractivity contribution in [1.82, 2.24) is 30.2 Å². The zero-order chi connectivity index (χ0) is 32.8. The maximum absolute atomic E-state index is 14.4. The number of carbonyl (C=O) groups excluding carboxylic acids is 5. The van der Waals surface area contributed by atoms with Gasteiger partial charge >= 0.3 is 6.09 Å². The molecule has 3 atom stereocenters. The van der Waals surface area contributed by atoms with E-state index in [9.17, 15) is 28.4 Å². The van der Waals surface area contributed by atoms with Crippen LogP contribution in [0.2, 0.25) is 0 Å². The van der Waals surface area contributed by atoms with Crippen LogP contribution in [0.3, 0.4) is 0 Å². The number of likely N-dealkylation sites (N-methyl/N-ethyl adjacent to an activating group) is 3. The van der Waals surface area contributed by atoms with Crippen LogP contribution < -0.4 is 15.4 Å². The van der Waals surface area contributed by atoms with E-state index in [2.05, 4.69) is 10.6 Å². The Morgan fingerprint density at radius 1 is 1.14 bits per heavy atom. The fraction of sp³-hybridized carbons (Fsp3) is 0.633. The molecule has 0 unspecified atom stereocenters. The molecular formula is C30H45FN6O7. The molecule has 2 aliphatic rings. The van der Waals surface area contributed by atoms with E-state index in [0.717, 1.165) is 12.1 Å². The fourth-order valence-corrected chi connectivity index (χ4v) is 5.13. The second-order valence-electron chi connectivity index (χ2n) is 12.5. The van der Waals surface area contributed by atoms with Crippen molar-refractivity contribution < 1.29 is 37.8 Å². The van der Waals surface area contributed by atoms with Crippen molar-refractivity contribution in [3.63, 3.8) is 0 Å². The number of amides is 5. The molecule has 14 heteroatoms. The van der Waals surface area contributed by atoms with Crippen molar-refractivity contribution in [1.29, 1.82) is 0 Å². The number of hydrogen-bond acceptors (Lipinski definition) is 8. The van der Waals surface area contributed by atoms with Crippen molar-refractivity contribution in [2.24, 2.45) is 0 Å². The van der Waals surface area contributed by atoms with Crippen LogP contribution in [0.4, 0.5) is 9.18 Å². The molecule has 0 aromatic heterocycles. The van der Waals surface area contributed by atoms with Gasteiger partial charge in [0.2, 0.25) is 17.7 Å². The molecule has 0 radical (unpaired) electrons. The number of benzene rings is 1. The number of fused-ring (bicyclic) bond motifs is 2. The van der Waals surface area contributed by atoms with Gasteiger partial charge < -0.3 is 39.7 Å². The number of nitrogens with zero attached hydrogens (tertiary/aromatic N) is 4. The summed E-state index contributed by atoms with van der Waals surface area (Å²) in [5.41, 5.74) is -0.810. The van der Waals surface area contributed by atoms with Crippen LogP contribution in [0, 0.1) is 5.82 Å². The van der Waals surface area contributed by atoms with E-state index in [1.807, 2.05) is 19.0 Å². The Balaban J connectivity index is 1.91. The SMILES string of the molecule is CN(C)CCNC(=O)[C@@H]1CCC(=O)N(C)CC(=O)N2C[C@H](NC(=O)OC(C)(C)C)C[C@H]2COc2ccc(F)cc2C(=O)N1C. The third-order valence-electron chi connectivity index (χ3n) is 7.44. The number of alkyl carbamates (subject to hydrolysis) is 1. The third kappa shape index (κ3) is 9.53. The maximum Gasteiger partial charge on any atom is 0.407 e. The first-order chi connectivity index (χ1) is 20.6. The van der Waals surface area contributed by atoms with Gasteiger partial charge in [-0.2, -0.15) is 0 Å². The van der Waals surface area contributed by atoms with Gasteiger partial charge in [0.25, 0.3) is 5.91 Å². The third-order valence-corrected chi connectivity index (χ3v) is 7.44. The lowest BCUT2D eigenvalue weighted by atomic mass is 10.1. The number of halogens is 1. The Hall–Kier alpha value is -3.94. The lowest BCUT2D eigenvalue weighted by molar-refractivity contribution is -0.140. The molecule has 0 spiro atoms. The molecule has 0 bridgehead atoms. The van der Waals surface area contributed by atoms with E-state index in [0.29, 0.717) is 19.5 Å². The minimum absolute atomic E-state index is 0.0207. The van der Waals surface area contributed by atoms with Gasteiger partial charge in [-0.1, -0.05) is 0 Å². The van der Waals surface area contributed by atoms with Crippen LogP contribution in [0.5, 0.6) is 5.75 Å². The molecule has 5 amide bonds. The summed E-state index contributed by atoms with van der Waals surface area (Å²) in [6.07, 6.45) is -0.443. The lowest BCUT2D eigenvalue weighted by Crippen LogP contribution is -2.49. The number of nitrogens with one attached hydrogen (secondary N) is 2. The highest BCUT2D eigenvalue weighted by Gasteiger charge is 2.38. The van der Waals surface area contributed by atoms with E-state index in [1.54, 1.807) is 20.8 Å². The minimum Gasteiger partial charge on any atom is -0.491 e. The van der Waals surface area contributed by atoms with E-state index in [1.165, 1.54) is 34.9 Å². The largest absolute Gasteiger partial charge is 0.491 e. The summed E-state index contributed by atoms with van der Waals surface area (Å²) in [5.74, 6) is -2.46. The first-order valence-corrected chi connectivity index (χ1v) is 14.7. The Morgan fingerprint density at radius 2 is 1.84 bits per heavy atom. The minimum atomic E-state index is -1.04. The normalized spacial score (nSPS) is 22.1. The molecule has 2 N–H and O–H groups in total. The lowest BCUT2D eigenvalue weighted by Gasteiger charge is -2.28. The van der Waals surface area contributed by atoms with Crippen LogP contribution in [-0.4, -0.2) is 134 Å². The second kappa shape index (κ2) is 14.7. The van der Waals surface area contributed by atoms with Crippen molar-refractivity contribution in [2.75, 3.05) is 61.0 Å². The summed E-state index contributed by atoms with van der Waals surface area (Å²) in [5, 5.41) is 5.59. The zero-order valence-corrected chi connectivity index (χ0v) is 26.6. The highest BCUT2D eigenvalue weighted by Crippen LogP contribution is 2.26. The fourth-order valence-electron chi connectivity index (χ4n) is 5.13. The molecule has 1 aromatic rings. The first-order valence-electron chi connectivity index (χ1n) is 14.7. The Bertz CT molecular complexity index is 1240. The topological polar surface area (TPSA) is 141 Å². The van der Waals surface area contributed by atoms with E-state index < -0.39 is 47.5 Å². The predicted molar refractivity (Wildman–Crippen MR) is 159 cm³/mol. The average molecular weight is 621 g/mol. The summed E-state index contributed by atoms with van der Waals surface area (Å²) in [6, 6.07) is 1.50. The summed E-state index contributed by atoms with van der Waals surface area (Å²) in [4.78, 5) is 71.8. The zero-order valence-electron chi connectivity index (χ0n) is 26.6. The van der Waals surface area contributed by atoms with Gasteiger partial charge in [-0.15, -0.1) is 0 Å². The summed E-state index contributed by atoms with van der Waals surface area (Å²) < 4.78 is 25.8. The molecule has 44 heavy (non-hydrogen) atoms. The van der Waals surface area contributed by atoms with Crippen molar-refractivity contribution >= 4 is 29.7 Å². The molecule has 3 rings (SSSR count). The summed E-state index contributed by atoms with van der Waals surface area (Å²) in [6.45, 7) is 5.97. The van der Waals surface area contributed by atoms with Crippen LogP contribution in [0.25, 0.3) is 0 Å². The first kappa shape index (κ1) is 34.5. The second-order valence-corrected chi connectivity index (χ2v) is 12.5.